The van der Waals surface area contributed by atoms with Crippen LogP contribution in [-0.2, 0) is 16.8 Å². The van der Waals surface area contributed by atoms with Crippen LogP contribution in [0.2, 0.25) is 0 Å². The van der Waals surface area contributed by atoms with Crippen molar-refractivity contribution in [3.63, 3.8) is 0 Å². The molecule has 1 unspecified atom stereocenters. The third-order valence-electron chi connectivity index (χ3n) is 6.27. The number of anilines is 2. The highest BCUT2D eigenvalue weighted by atomic mass is 19.1. The molecular weight excluding hydrogens is 365 g/mol. The van der Waals surface area contributed by atoms with E-state index in [1.807, 2.05) is 42.5 Å². The standard InChI is InChI=1S/C24H18FN3O/c1-27-20-11-3-2-9-18(20)24(23(27)29)19-10-5-6-15-12-13-28(21(15)19)22(26-24)16-7-4-8-17(25)14-16/h2-11,14H,12-13H2,1H3. The van der Waals surface area contributed by atoms with Crippen LogP contribution in [-0.4, -0.2) is 25.3 Å². The van der Waals surface area contributed by atoms with Crippen molar-refractivity contribution in [3.8, 4) is 0 Å². The number of benzene rings is 3. The maximum atomic E-state index is 14.1. The van der Waals surface area contributed by atoms with Crippen molar-refractivity contribution in [2.75, 3.05) is 23.4 Å². The second kappa shape index (κ2) is 5.54. The minimum absolute atomic E-state index is 0.0763. The second-order valence-corrected chi connectivity index (χ2v) is 7.75. The maximum absolute atomic E-state index is 14.1. The predicted octanol–water partition coefficient (Wildman–Crippen LogP) is 3.87. The number of fused-ring (bicyclic) bond motifs is 3. The van der Waals surface area contributed by atoms with Gasteiger partial charge in [-0.3, -0.25) is 4.79 Å². The highest BCUT2D eigenvalue weighted by Crippen LogP contribution is 2.53. The molecule has 0 saturated heterocycles. The van der Waals surface area contributed by atoms with Crippen LogP contribution in [0.15, 0.2) is 71.7 Å². The molecular formula is C24H18FN3O. The fraction of sp³-hybridized carbons (Fsp3) is 0.167. The molecule has 6 rings (SSSR count). The molecule has 1 amide bonds. The summed E-state index contributed by atoms with van der Waals surface area (Å²) in [7, 11) is 1.79. The van der Waals surface area contributed by atoms with Gasteiger partial charge in [-0.25, -0.2) is 9.38 Å². The van der Waals surface area contributed by atoms with E-state index in [0.29, 0.717) is 11.4 Å². The Morgan fingerprint density at radius 3 is 2.66 bits per heavy atom. The lowest BCUT2D eigenvalue weighted by molar-refractivity contribution is -0.121. The zero-order valence-electron chi connectivity index (χ0n) is 15.9. The van der Waals surface area contributed by atoms with Gasteiger partial charge < -0.3 is 9.80 Å². The molecule has 3 aliphatic rings. The first-order valence-electron chi connectivity index (χ1n) is 9.74. The minimum Gasteiger partial charge on any atom is -0.325 e. The lowest BCUT2D eigenvalue weighted by Crippen LogP contribution is -2.46. The fourth-order valence-corrected chi connectivity index (χ4v) is 4.99. The third-order valence-corrected chi connectivity index (χ3v) is 6.27. The maximum Gasteiger partial charge on any atom is 0.264 e. The van der Waals surface area contributed by atoms with Crippen molar-refractivity contribution >= 4 is 23.1 Å². The van der Waals surface area contributed by atoms with Crippen molar-refractivity contribution in [1.29, 1.82) is 0 Å². The van der Waals surface area contributed by atoms with Crippen LogP contribution in [0.25, 0.3) is 0 Å². The van der Waals surface area contributed by atoms with E-state index in [4.69, 9.17) is 4.99 Å². The second-order valence-electron chi connectivity index (χ2n) is 7.75. The van der Waals surface area contributed by atoms with Crippen molar-refractivity contribution in [3.05, 3.63) is 94.8 Å². The minimum atomic E-state index is -1.14. The number of rotatable bonds is 1. The Morgan fingerprint density at radius 1 is 1.00 bits per heavy atom. The van der Waals surface area contributed by atoms with Gasteiger partial charge in [-0.15, -0.1) is 0 Å². The summed E-state index contributed by atoms with van der Waals surface area (Å²) in [5.74, 6) is 0.265. The van der Waals surface area contributed by atoms with Crippen LogP contribution in [0.5, 0.6) is 0 Å². The number of carbonyl (C=O) groups is 1. The number of hydrogen-bond donors (Lipinski definition) is 0. The Morgan fingerprint density at radius 2 is 1.79 bits per heavy atom. The summed E-state index contributed by atoms with van der Waals surface area (Å²) < 4.78 is 14.1. The zero-order chi connectivity index (χ0) is 19.8. The molecule has 4 nitrogen and oxygen atoms in total. The van der Waals surface area contributed by atoms with Crippen LogP contribution in [0.4, 0.5) is 15.8 Å². The van der Waals surface area contributed by atoms with E-state index in [0.717, 1.165) is 35.5 Å². The molecule has 3 aliphatic heterocycles. The Labute approximate surface area is 167 Å². The number of aliphatic imine (C=N–C) groups is 1. The molecule has 0 aliphatic carbocycles. The topological polar surface area (TPSA) is 35.9 Å². The summed E-state index contributed by atoms with van der Waals surface area (Å²) in [5, 5.41) is 0. The quantitative estimate of drug-likeness (QED) is 0.640. The summed E-state index contributed by atoms with van der Waals surface area (Å²) in [4.78, 5) is 22.6. The smallest absolute Gasteiger partial charge is 0.264 e. The average molecular weight is 383 g/mol. The van der Waals surface area contributed by atoms with Crippen LogP contribution >= 0.6 is 0 Å². The number of halogens is 1. The molecule has 1 spiro atoms. The van der Waals surface area contributed by atoms with E-state index in [2.05, 4.69) is 11.0 Å². The number of hydrogen-bond acceptors (Lipinski definition) is 3. The molecule has 3 aromatic carbocycles. The van der Waals surface area contributed by atoms with Gasteiger partial charge in [0.2, 0.25) is 0 Å². The van der Waals surface area contributed by atoms with Crippen molar-refractivity contribution in [2.24, 2.45) is 4.99 Å². The third kappa shape index (κ3) is 1.97. The summed E-state index contributed by atoms with van der Waals surface area (Å²) in [6.45, 7) is 0.767. The molecule has 3 aromatic rings. The number of nitrogens with zero attached hydrogens (tertiary/aromatic N) is 3. The van der Waals surface area contributed by atoms with E-state index in [-0.39, 0.29) is 11.7 Å². The Bertz CT molecular complexity index is 1230. The molecule has 142 valence electrons. The molecule has 5 heteroatoms. The first kappa shape index (κ1) is 16.5. The first-order chi connectivity index (χ1) is 14.1. The van der Waals surface area contributed by atoms with Gasteiger partial charge in [-0.05, 0) is 30.2 Å². The SMILES string of the molecule is CN1C(=O)C2(N=C(c3cccc(F)c3)N3CCc4cccc2c43)c2ccccc21. The van der Waals surface area contributed by atoms with Crippen molar-refractivity contribution in [2.45, 2.75) is 12.0 Å². The molecule has 0 saturated carbocycles. The van der Waals surface area contributed by atoms with E-state index in [1.54, 1.807) is 18.0 Å². The summed E-state index contributed by atoms with van der Waals surface area (Å²) in [6.07, 6.45) is 0.874. The van der Waals surface area contributed by atoms with Crippen LogP contribution in [0, 0.1) is 5.82 Å². The molecule has 29 heavy (non-hydrogen) atoms. The van der Waals surface area contributed by atoms with E-state index < -0.39 is 5.54 Å². The Balaban J connectivity index is 1.73. The molecule has 0 aromatic heterocycles. The van der Waals surface area contributed by atoms with E-state index in [9.17, 15) is 9.18 Å². The molecule has 0 radical (unpaired) electrons. The predicted molar refractivity (Wildman–Crippen MR) is 111 cm³/mol. The monoisotopic (exact) mass is 383 g/mol. The van der Waals surface area contributed by atoms with Gasteiger partial charge in [0.15, 0.2) is 5.54 Å². The van der Waals surface area contributed by atoms with Gasteiger partial charge >= 0.3 is 0 Å². The van der Waals surface area contributed by atoms with Gasteiger partial charge in [0, 0.05) is 36.0 Å². The van der Waals surface area contributed by atoms with Crippen molar-refractivity contribution in [1.82, 2.24) is 0 Å². The van der Waals surface area contributed by atoms with Gasteiger partial charge in [0.25, 0.3) is 5.91 Å². The van der Waals surface area contributed by atoms with Crippen LogP contribution in [0.1, 0.15) is 22.3 Å². The lowest BCUT2D eigenvalue weighted by atomic mass is 9.81. The fourth-order valence-electron chi connectivity index (χ4n) is 4.99. The van der Waals surface area contributed by atoms with E-state index >= 15 is 0 Å². The number of amides is 1. The largest absolute Gasteiger partial charge is 0.325 e. The van der Waals surface area contributed by atoms with Crippen molar-refractivity contribution < 1.29 is 9.18 Å². The van der Waals surface area contributed by atoms with Crippen LogP contribution in [0.3, 0.4) is 0 Å². The van der Waals surface area contributed by atoms with Crippen LogP contribution < -0.4 is 9.80 Å². The van der Waals surface area contributed by atoms with E-state index in [1.165, 1.54) is 17.7 Å². The Kier molecular flexibility index (Phi) is 3.15. The summed E-state index contributed by atoms with van der Waals surface area (Å²) in [5.41, 5.74) is 4.44. The molecule has 3 heterocycles. The molecule has 0 bridgehead atoms. The average Bonchev–Trinajstić information content (AvgIpc) is 3.26. The highest BCUT2D eigenvalue weighted by molar-refractivity contribution is 6.19. The Hall–Kier alpha value is -3.47. The van der Waals surface area contributed by atoms with Gasteiger partial charge in [0.05, 0.1) is 5.69 Å². The molecule has 1 atom stereocenters. The molecule has 0 fully saturated rings. The number of likely N-dealkylation sites (N-methyl/N-ethyl adjacent to an activating group) is 1. The number of carbonyl (C=O) groups excluding carboxylic acids is 1. The highest BCUT2D eigenvalue weighted by Gasteiger charge is 2.56. The normalized spacial score (nSPS) is 21.4. The summed E-state index contributed by atoms with van der Waals surface area (Å²) in [6, 6.07) is 20.4. The number of amidine groups is 1. The van der Waals surface area contributed by atoms with Gasteiger partial charge in [0.1, 0.15) is 11.7 Å². The van der Waals surface area contributed by atoms with Gasteiger partial charge in [-0.1, -0.05) is 48.5 Å². The molecule has 0 N–H and O–H groups in total. The first-order valence-corrected chi connectivity index (χ1v) is 9.74. The number of para-hydroxylation sites is 2. The zero-order valence-corrected chi connectivity index (χ0v) is 15.9. The van der Waals surface area contributed by atoms with Gasteiger partial charge in [-0.2, -0.15) is 0 Å². The lowest BCUT2D eigenvalue weighted by Gasteiger charge is -2.37. The summed E-state index contributed by atoms with van der Waals surface area (Å²) >= 11 is 0.